The minimum Gasteiger partial charge on any atom is -0.468 e. The molecule has 0 spiro atoms. The number of halogens is 1. The Hall–Kier alpha value is -1.10. The summed E-state index contributed by atoms with van der Waals surface area (Å²) in [5.74, 6) is -0.519. The quantitative estimate of drug-likeness (QED) is 0.571. The number of hydrogen-bond donors (Lipinski definition) is 0. The standard InChI is InChI=1S/C9H7BrO4/c10-6-3-7(13-4-6)5-1-8(11)14-9(12)2-5/h3-5H,1-2H2. The molecule has 1 saturated heterocycles. The van der Waals surface area contributed by atoms with Gasteiger partial charge in [0, 0.05) is 5.92 Å². The third-order valence-corrected chi connectivity index (χ3v) is 2.46. The van der Waals surface area contributed by atoms with E-state index in [1.807, 2.05) is 0 Å². The van der Waals surface area contributed by atoms with E-state index in [-0.39, 0.29) is 18.8 Å². The van der Waals surface area contributed by atoms with E-state index in [9.17, 15) is 9.59 Å². The van der Waals surface area contributed by atoms with Crippen molar-refractivity contribution in [1.82, 2.24) is 0 Å². The second kappa shape index (κ2) is 3.57. The van der Waals surface area contributed by atoms with Gasteiger partial charge in [0.15, 0.2) is 0 Å². The Balaban J connectivity index is 2.18. The van der Waals surface area contributed by atoms with Gasteiger partial charge in [0.05, 0.1) is 17.3 Å². The SMILES string of the molecule is O=C1CC(c2cc(Br)co2)CC(=O)O1. The number of carbonyl (C=O) groups excluding carboxylic acids is 2. The molecule has 0 unspecified atom stereocenters. The first kappa shape index (κ1) is 9.45. The van der Waals surface area contributed by atoms with Crippen LogP contribution in [0.5, 0.6) is 0 Å². The van der Waals surface area contributed by atoms with Crippen molar-refractivity contribution in [3.05, 3.63) is 22.6 Å². The predicted molar refractivity (Wildman–Crippen MR) is 49.5 cm³/mol. The van der Waals surface area contributed by atoms with E-state index in [4.69, 9.17) is 4.42 Å². The van der Waals surface area contributed by atoms with Crippen LogP contribution in [0, 0.1) is 0 Å². The topological polar surface area (TPSA) is 56.5 Å². The second-order valence-corrected chi connectivity index (χ2v) is 4.03. The van der Waals surface area contributed by atoms with Gasteiger partial charge in [0.2, 0.25) is 0 Å². The lowest BCUT2D eigenvalue weighted by Gasteiger charge is -2.17. The van der Waals surface area contributed by atoms with Crippen molar-refractivity contribution in [2.24, 2.45) is 0 Å². The number of furan rings is 1. The van der Waals surface area contributed by atoms with Gasteiger partial charge in [-0.1, -0.05) is 0 Å². The third-order valence-electron chi connectivity index (χ3n) is 2.04. The van der Waals surface area contributed by atoms with Crippen molar-refractivity contribution in [3.63, 3.8) is 0 Å². The summed E-state index contributed by atoms with van der Waals surface area (Å²) < 4.78 is 10.4. The molecular formula is C9H7BrO4. The molecule has 0 amide bonds. The van der Waals surface area contributed by atoms with Crippen molar-refractivity contribution < 1.29 is 18.7 Å². The maximum Gasteiger partial charge on any atom is 0.314 e. The zero-order valence-electron chi connectivity index (χ0n) is 7.16. The average Bonchev–Trinajstić information content (AvgIpc) is 2.50. The zero-order valence-corrected chi connectivity index (χ0v) is 8.74. The third kappa shape index (κ3) is 1.87. The van der Waals surface area contributed by atoms with Crippen LogP contribution in [-0.4, -0.2) is 11.9 Å². The van der Waals surface area contributed by atoms with Crippen LogP contribution in [-0.2, 0) is 14.3 Å². The largest absolute Gasteiger partial charge is 0.468 e. The van der Waals surface area contributed by atoms with Gasteiger partial charge in [0.25, 0.3) is 0 Å². The summed E-state index contributed by atoms with van der Waals surface area (Å²) >= 11 is 3.23. The number of hydrogen-bond acceptors (Lipinski definition) is 4. The van der Waals surface area contributed by atoms with Crippen LogP contribution in [0.25, 0.3) is 0 Å². The van der Waals surface area contributed by atoms with Gasteiger partial charge in [-0.15, -0.1) is 0 Å². The summed E-state index contributed by atoms with van der Waals surface area (Å²) in [7, 11) is 0. The summed E-state index contributed by atoms with van der Waals surface area (Å²) in [5.41, 5.74) is 0. The van der Waals surface area contributed by atoms with Crippen molar-refractivity contribution in [3.8, 4) is 0 Å². The van der Waals surface area contributed by atoms with E-state index in [1.54, 1.807) is 6.07 Å². The summed E-state index contributed by atoms with van der Waals surface area (Å²) in [4.78, 5) is 21.9. The molecule has 1 aliphatic heterocycles. The van der Waals surface area contributed by atoms with Gasteiger partial charge in [-0.05, 0) is 22.0 Å². The highest BCUT2D eigenvalue weighted by molar-refractivity contribution is 9.10. The van der Waals surface area contributed by atoms with E-state index in [0.29, 0.717) is 5.76 Å². The van der Waals surface area contributed by atoms with Crippen LogP contribution >= 0.6 is 15.9 Å². The molecule has 0 radical (unpaired) electrons. The Morgan fingerprint density at radius 1 is 1.29 bits per heavy atom. The lowest BCUT2D eigenvalue weighted by atomic mass is 9.97. The molecule has 0 bridgehead atoms. The number of carbonyl (C=O) groups is 2. The molecule has 2 heterocycles. The molecule has 0 N–H and O–H groups in total. The van der Waals surface area contributed by atoms with Crippen molar-refractivity contribution in [2.75, 3.05) is 0 Å². The molecule has 1 aromatic rings. The number of rotatable bonds is 1. The highest BCUT2D eigenvalue weighted by atomic mass is 79.9. The lowest BCUT2D eigenvalue weighted by molar-refractivity contribution is -0.164. The Morgan fingerprint density at radius 2 is 1.93 bits per heavy atom. The van der Waals surface area contributed by atoms with Crippen LogP contribution in [0.3, 0.4) is 0 Å². The Bertz CT molecular complexity index is 366. The smallest absolute Gasteiger partial charge is 0.314 e. The Labute approximate surface area is 88.3 Å². The lowest BCUT2D eigenvalue weighted by Crippen LogP contribution is -2.23. The Morgan fingerprint density at radius 3 is 2.43 bits per heavy atom. The molecule has 1 aromatic heterocycles. The minimum atomic E-state index is -0.487. The van der Waals surface area contributed by atoms with E-state index in [2.05, 4.69) is 20.7 Å². The van der Waals surface area contributed by atoms with Crippen LogP contribution in [0.2, 0.25) is 0 Å². The fourth-order valence-corrected chi connectivity index (χ4v) is 1.75. The van der Waals surface area contributed by atoms with Crippen LogP contribution < -0.4 is 0 Å². The molecule has 74 valence electrons. The first-order chi connectivity index (χ1) is 6.65. The maximum atomic E-state index is 11.0. The normalized spacial score (nSPS) is 18.4. The number of esters is 2. The molecule has 0 atom stereocenters. The van der Waals surface area contributed by atoms with E-state index in [1.165, 1.54) is 6.26 Å². The van der Waals surface area contributed by atoms with Gasteiger partial charge >= 0.3 is 11.9 Å². The van der Waals surface area contributed by atoms with Gasteiger partial charge < -0.3 is 9.15 Å². The highest BCUT2D eigenvalue weighted by Crippen LogP contribution is 2.30. The summed E-state index contributed by atoms with van der Waals surface area (Å²) in [6.45, 7) is 0. The summed E-state index contributed by atoms with van der Waals surface area (Å²) in [6, 6.07) is 1.76. The number of ether oxygens (including phenoxy) is 1. The van der Waals surface area contributed by atoms with Crippen LogP contribution in [0.15, 0.2) is 21.2 Å². The summed E-state index contributed by atoms with van der Waals surface area (Å²) in [6.07, 6.45) is 1.93. The molecule has 14 heavy (non-hydrogen) atoms. The minimum absolute atomic E-state index is 0.185. The first-order valence-corrected chi connectivity index (χ1v) is 4.92. The molecular weight excluding hydrogens is 252 g/mol. The molecule has 0 saturated carbocycles. The summed E-state index contributed by atoms with van der Waals surface area (Å²) in [5, 5.41) is 0. The fraction of sp³-hybridized carbons (Fsp3) is 0.333. The molecule has 1 aliphatic rings. The van der Waals surface area contributed by atoms with Crippen molar-refractivity contribution >= 4 is 27.9 Å². The van der Waals surface area contributed by atoms with Gasteiger partial charge in [-0.2, -0.15) is 0 Å². The van der Waals surface area contributed by atoms with Gasteiger partial charge in [-0.25, -0.2) is 0 Å². The molecule has 0 aliphatic carbocycles. The molecule has 4 nitrogen and oxygen atoms in total. The molecule has 2 rings (SSSR count). The average molecular weight is 259 g/mol. The zero-order chi connectivity index (χ0) is 10.1. The molecule has 0 aromatic carbocycles. The monoisotopic (exact) mass is 258 g/mol. The first-order valence-electron chi connectivity index (χ1n) is 4.12. The van der Waals surface area contributed by atoms with E-state index < -0.39 is 11.9 Å². The van der Waals surface area contributed by atoms with Crippen molar-refractivity contribution in [2.45, 2.75) is 18.8 Å². The number of cyclic esters (lactones) is 2. The van der Waals surface area contributed by atoms with Gasteiger partial charge in [0.1, 0.15) is 12.0 Å². The fourth-order valence-electron chi connectivity index (χ4n) is 1.43. The predicted octanol–water partition coefficient (Wildman–Crippen LogP) is 1.99. The molecule has 5 heteroatoms. The highest BCUT2D eigenvalue weighted by Gasteiger charge is 2.30. The Kier molecular flexibility index (Phi) is 2.41. The van der Waals surface area contributed by atoms with E-state index >= 15 is 0 Å². The molecule has 1 fully saturated rings. The van der Waals surface area contributed by atoms with E-state index in [0.717, 1.165) is 4.47 Å². The second-order valence-electron chi connectivity index (χ2n) is 3.12. The van der Waals surface area contributed by atoms with Crippen molar-refractivity contribution in [1.29, 1.82) is 0 Å². The van der Waals surface area contributed by atoms with Crippen LogP contribution in [0.4, 0.5) is 0 Å². The van der Waals surface area contributed by atoms with Gasteiger partial charge in [-0.3, -0.25) is 9.59 Å². The maximum absolute atomic E-state index is 11.0. The van der Waals surface area contributed by atoms with Crippen LogP contribution in [0.1, 0.15) is 24.5 Å².